The van der Waals surface area contributed by atoms with Gasteiger partial charge in [-0.15, -0.1) is 0 Å². The number of aryl methyl sites for hydroxylation is 2. The Labute approximate surface area is 107 Å². The number of aromatic nitrogens is 2. The third kappa shape index (κ3) is 2.56. The van der Waals surface area contributed by atoms with Gasteiger partial charge in [-0.05, 0) is 33.2 Å². The van der Waals surface area contributed by atoms with E-state index in [-0.39, 0.29) is 5.92 Å². The van der Waals surface area contributed by atoms with Crippen molar-refractivity contribution in [2.45, 2.75) is 33.2 Å². The highest BCUT2D eigenvalue weighted by Gasteiger charge is 2.26. The molecule has 0 saturated carbocycles. The molecule has 0 aromatic carbocycles. The van der Waals surface area contributed by atoms with Crippen molar-refractivity contribution in [3.63, 3.8) is 0 Å². The minimum Gasteiger partial charge on any atom is -0.481 e. The molecule has 2 rings (SSSR count). The Bertz CT molecular complexity index is 453. The van der Waals surface area contributed by atoms with Crippen molar-refractivity contribution < 1.29 is 9.90 Å². The number of carbonyl (C=O) groups is 1. The van der Waals surface area contributed by atoms with Crippen LogP contribution in [-0.4, -0.2) is 38.8 Å². The summed E-state index contributed by atoms with van der Waals surface area (Å²) in [4.78, 5) is 13.3. The van der Waals surface area contributed by atoms with Crippen LogP contribution in [0.2, 0.25) is 0 Å². The number of aliphatic carboxylic acids is 1. The fraction of sp³-hybridized carbons (Fsp3) is 0.692. The first-order valence-corrected chi connectivity index (χ1v) is 6.43. The summed E-state index contributed by atoms with van der Waals surface area (Å²) in [5, 5.41) is 13.5. The average molecular weight is 251 g/mol. The number of rotatable bonds is 3. The first kappa shape index (κ1) is 13.1. The standard InChI is InChI=1S/C13H21N3O2/c1-9-12(10(2)15(3)14-9)8-16-6-4-5-11(7-16)13(17)18/h11H,4-8H2,1-3H3,(H,17,18). The molecule has 1 saturated heterocycles. The quantitative estimate of drug-likeness (QED) is 0.880. The second-order valence-electron chi connectivity index (χ2n) is 5.19. The van der Waals surface area contributed by atoms with Crippen LogP contribution < -0.4 is 0 Å². The van der Waals surface area contributed by atoms with Gasteiger partial charge in [-0.2, -0.15) is 5.10 Å². The Balaban J connectivity index is 2.07. The van der Waals surface area contributed by atoms with E-state index in [1.54, 1.807) is 0 Å². The van der Waals surface area contributed by atoms with Crippen molar-refractivity contribution in [2.75, 3.05) is 13.1 Å². The van der Waals surface area contributed by atoms with Crippen LogP contribution in [-0.2, 0) is 18.4 Å². The molecule has 100 valence electrons. The first-order chi connectivity index (χ1) is 8.49. The molecule has 5 heteroatoms. The summed E-state index contributed by atoms with van der Waals surface area (Å²) in [6, 6.07) is 0. The Morgan fingerprint density at radius 1 is 1.50 bits per heavy atom. The topological polar surface area (TPSA) is 58.4 Å². The molecule has 1 aromatic rings. The molecule has 1 N–H and O–H groups in total. The summed E-state index contributed by atoms with van der Waals surface area (Å²) in [7, 11) is 1.95. The van der Waals surface area contributed by atoms with Gasteiger partial charge in [0.1, 0.15) is 0 Å². The van der Waals surface area contributed by atoms with Gasteiger partial charge in [0.05, 0.1) is 11.6 Å². The first-order valence-electron chi connectivity index (χ1n) is 6.43. The summed E-state index contributed by atoms with van der Waals surface area (Å²) in [6.07, 6.45) is 1.77. The molecule has 2 heterocycles. The SMILES string of the molecule is Cc1nn(C)c(C)c1CN1CCCC(C(=O)O)C1. The lowest BCUT2D eigenvalue weighted by molar-refractivity contribution is -0.143. The molecule has 1 unspecified atom stereocenters. The molecule has 0 aliphatic carbocycles. The Kier molecular flexibility index (Phi) is 3.71. The summed E-state index contributed by atoms with van der Waals surface area (Å²) < 4.78 is 1.89. The Morgan fingerprint density at radius 2 is 2.22 bits per heavy atom. The Morgan fingerprint density at radius 3 is 2.78 bits per heavy atom. The normalized spacial score (nSPS) is 21.2. The van der Waals surface area contributed by atoms with Gasteiger partial charge in [-0.1, -0.05) is 0 Å². The number of carboxylic acid groups (broad SMARTS) is 1. The van der Waals surface area contributed by atoms with Crippen LogP contribution in [0.3, 0.4) is 0 Å². The molecule has 1 atom stereocenters. The van der Waals surface area contributed by atoms with Gasteiger partial charge in [0.15, 0.2) is 0 Å². The average Bonchev–Trinajstić information content (AvgIpc) is 2.56. The minimum atomic E-state index is -0.667. The third-order valence-electron chi connectivity index (χ3n) is 3.90. The van der Waals surface area contributed by atoms with Gasteiger partial charge in [-0.3, -0.25) is 14.4 Å². The van der Waals surface area contributed by atoms with E-state index >= 15 is 0 Å². The third-order valence-corrected chi connectivity index (χ3v) is 3.90. The monoisotopic (exact) mass is 251 g/mol. The number of likely N-dealkylation sites (tertiary alicyclic amines) is 1. The number of piperidine rings is 1. The van der Waals surface area contributed by atoms with E-state index < -0.39 is 5.97 Å². The number of carboxylic acids is 1. The van der Waals surface area contributed by atoms with Crippen molar-refractivity contribution in [1.29, 1.82) is 0 Å². The zero-order valence-electron chi connectivity index (χ0n) is 11.3. The number of hydrogen-bond acceptors (Lipinski definition) is 3. The Hall–Kier alpha value is -1.36. The highest BCUT2D eigenvalue weighted by atomic mass is 16.4. The summed E-state index contributed by atoms with van der Waals surface area (Å²) in [5.74, 6) is -0.879. The fourth-order valence-electron chi connectivity index (χ4n) is 2.67. The van der Waals surface area contributed by atoms with Gasteiger partial charge in [0.2, 0.25) is 0 Å². The summed E-state index contributed by atoms with van der Waals surface area (Å²) in [5.41, 5.74) is 3.46. The zero-order chi connectivity index (χ0) is 13.3. The van der Waals surface area contributed by atoms with Crippen LogP contribution in [0, 0.1) is 19.8 Å². The fourth-order valence-corrected chi connectivity index (χ4v) is 2.67. The minimum absolute atomic E-state index is 0.212. The maximum atomic E-state index is 11.0. The lowest BCUT2D eigenvalue weighted by atomic mass is 9.97. The lowest BCUT2D eigenvalue weighted by Gasteiger charge is -2.30. The van der Waals surface area contributed by atoms with Crippen LogP contribution in [0.4, 0.5) is 0 Å². The van der Waals surface area contributed by atoms with E-state index in [1.807, 2.05) is 18.7 Å². The van der Waals surface area contributed by atoms with Gasteiger partial charge in [-0.25, -0.2) is 0 Å². The van der Waals surface area contributed by atoms with Crippen LogP contribution in [0.25, 0.3) is 0 Å². The van der Waals surface area contributed by atoms with Gasteiger partial charge >= 0.3 is 5.97 Å². The maximum absolute atomic E-state index is 11.0. The van der Waals surface area contributed by atoms with Crippen LogP contribution in [0.15, 0.2) is 0 Å². The highest BCUT2D eigenvalue weighted by molar-refractivity contribution is 5.70. The van der Waals surface area contributed by atoms with E-state index in [0.29, 0.717) is 6.54 Å². The molecular formula is C13H21N3O2. The zero-order valence-corrected chi connectivity index (χ0v) is 11.3. The molecule has 18 heavy (non-hydrogen) atoms. The van der Waals surface area contributed by atoms with Crippen molar-refractivity contribution in [3.05, 3.63) is 17.0 Å². The predicted molar refractivity (Wildman–Crippen MR) is 68.3 cm³/mol. The van der Waals surface area contributed by atoms with E-state index in [1.165, 1.54) is 11.3 Å². The van der Waals surface area contributed by atoms with Crippen LogP contribution in [0.1, 0.15) is 29.8 Å². The molecule has 1 aliphatic rings. The maximum Gasteiger partial charge on any atom is 0.307 e. The van der Waals surface area contributed by atoms with Crippen LogP contribution >= 0.6 is 0 Å². The molecule has 5 nitrogen and oxygen atoms in total. The molecule has 0 amide bonds. The molecular weight excluding hydrogens is 230 g/mol. The lowest BCUT2D eigenvalue weighted by Crippen LogP contribution is -2.38. The largest absolute Gasteiger partial charge is 0.481 e. The van der Waals surface area contributed by atoms with Crippen LogP contribution in [0.5, 0.6) is 0 Å². The molecule has 0 radical (unpaired) electrons. The molecule has 1 fully saturated rings. The van der Waals surface area contributed by atoms with E-state index in [9.17, 15) is 4.79 Å². The van der Waals surface area contributed by atoms with Crippen molar-refractivity contribution >= 4 is 5.97 Å². The summed E-state index contributed by atoms with van der Waals surface area (Å²) in [6.45, 7) is 6.53. The number of nitrogens with zero attached hydrogens (tertiary/aromatic N) is 3. The second-order valence-corrected chi connectivity index (χ2v) is 5.19. The van der Waals surface area contributed by atoms with Crippen molar-refractivity contribution in [1.82, 2.24) is 14.7 Å². The van der Waals surface area contributed by atoms with Crippen molar-refractivity contribution in [2.24, 2.45) is 13.0 Å². The van der Waals surface area contributed by atoms with E-state index in [4.69, 9.17) is 5.11 Å². The summed E-state index contributed by atoms with van der Waals surface area (Å²) >= 11 is 0. The van der Waals surface area contributed by atoms with Gasteiger partial charge in [0.25, 0.3) is 0 Å². The second kappa shape index (κ2) is 5.10. The predicted octanol–water partition coefficient (Wildman–Crippen LogP) is 1.33. The molecule has 1 aromatic heterocycles. The molecule has 1 aliphatic heterocycles. The highest BCUT2D eigenvalue weighted by Crippen LogP contribution is 2.21. The number of hydrogen-bond donors (Lipinski definition) is 1. The van der Waals surface area contributed by atoms with E-state index in [2.05, 4.69) is 16.9 Å². The van der Waals surface area contributed by atoms with Crippen molar-refractivity contribution in [3.8, 4) is 0 Å². The molecule has 0 bridgehead atoms. The smallest absolute Gasteiger partial charge is 0.307 e. The molecule has 0 spiro atoms. The van der Waals surface area contributed by atoms with Gasteiger partial charge in [0, 0.05) is 31.4 Å². The van der Waals surface area contributed by atoms with E-state index in [0.717, 1.165) is 31.6 Å². The van der Waals surface area contributed by atoms with Gasteiger partial charge < -0.3 is 5.11 Å².